The molecule has 1 aromatic heterocycles. The molecule has 2 heterocycles. The van der Waals surface area contributed by atoms with Crippen molar-refractivity contribution < 1.29 is 0 Å². The van der Waals surface area contributed by atoms with Gasteiger partial charge >= 0.3 is 0 Å². The first kappa shape index (κ1) is 10.2. The molecule has 0 bridgehead atoms. The second-order valence-electron chi connectivity index (χ2n) is 4.27. The summed E-state index contributed by atoms with van der Waals surface area (Å²) in [5, 5.41) is 0. The first-order valence-corrected chi connectivity index (χ1v) is 5.56. The van der Waals surface area contributed by atoms with Gasteiger partial charge in [0.15, 0.2) is 5.82 Å². The molecular weight excluding hydrogens is 190 g/mol. The summed E-state index contributed by atoms with van der Waals surface area (Å²) in [6.07, 6.45) is 6.77. The lowest BCUT2D eigenvalue weighted by Crippen LogP contribution is -2.31. The summed E-state index contributed by atoms with van der Waals surface area (Å²) < 4.78 is 0. The predicted octanol–water partition coefficient (Wildman–Crippen LogP) is 1.40. The Morgan fingerprint density at radius 3 is 3.13 bits per heavy atom. The van der Waals surface area contributed by atoms with Gasteiger partial charge < -0.3 is 9.88 Å². The molecule has 2 rings (SSSR count). The molecule has 0 aromatic carbocycles. The van der Waals surface area contributed by atoms with Crippen molar-refractivity contribution in [3.8, 4) is 0 Å². The summed E-state index contributed by atoms with van der Waals surface area (Å²) in [6.45, 7) is 4.16. The number of H-pyrrole nitrogens is 1. The van der Waals surface area contributed by atoms with Crippen LogP contribution in [0.25, 0.3) is 0 Å². The van der Waals surface area contributed by atoms with Gasteiger partial charge in [0.2, 0.25) is 0 Å². The van der Waals surface area contributed by atoms with E-state index in [-0.39, 0.29) is 5.56 Å². The average Bonchev–Trinajstić information content (AvgIpc) is 2.44. The fourth-order valence-corrected chi connectivity index (χ4v) is 2.04. The number of rotatable bonds is 1. The number of hydrogen-bond acceptors (Lipinski definition) is 3. The van der Waals surface area contributed by atoms with E-state index in [0.717, 1.165) is 31.8 Å². The highest BCUT2D eigenvalue weighted by Gasteiger charge is 2.16. The highest BCUT2D eigenvalue weighted by Crippen LogP contribution is 2.18. The zero-order valence-electron chi connectivity index (χ0n) is 9.07. The molecule has 0 saturated carbocycles. The smallest absolute Gasteiger partial charge is 0.290 e. The minimum Gasteiger partial charge on any atom is -0.352 e. The molecule has 4 nitrogen and oxygen atoms in total. The third kappa shape index (κ3) is 2.37. The van der Waals surface area contributed by atoms with Crippen molar-refractivity contribution >= 4 is 5.82 Å². The Kier molecular flexibility index (Phi) is 3.04. The monoisotopic (exact) mass is 207 g/mol. The summed E-state index contributed by atoms with van der Waals surface area (Å²) in [5.41, 5.74) is -0.0768. The SMILES string of the molecule is CC1CCCN(c2ncc[nH]c2=O)CC1. The minimum atomic E-state index is -0.0768. The Bertz CT molecular complexity index is 374. The Morgan fingerprint density at radius 2 is 2.33 bits per heavy atom. The minimum absolute atomic E-state index is 0.0768. The van der Waals surface area contributed by atoms with Crippen LogP contribution < -0.4 is 10.5 Å². The Balaban J connectivity index is 2.17. The molecule has 15 heavy (non-hydrogen) atoms. The molecule has 0 aliphatic carbocycles. The second kappa shape index (κ2) is 4.47. The Labute approximate surface area is 89.3 Å². The zero-order valence-corrected chi connectivity index (χ0v) is 9.07. The quantitative estimate of drug-likeness (QED) is 0.757. The fourth-order valence-electron chi connectivity index (χ4n) is 2.04. The third-order valence-corrected chi connectivity index (χ3v) is 3.01. The molecule has 1 atom stereocenters. The van der Waals surface area contributed by atoms with E-state index in [1.807, 2.05) is 0 Å². The van der Waals surface area contributed by atoms with E-state index in [1.54, 1.807) is 12.4 Å². The lowest BCUT2D eigenvalue weighted by atomic mass is 10.0. The van der Waals surface area contributed by atoms with Crippen LogP contribution in [0.4, 0.5) is 5.82 Å². The highest BCUT2D eigenvalue weighted by molar-refractivity contribution is 5.35. The summed E-state index contributed by atoms with van der Waals surface area (Å²) in [6, 6.07) is 0. The number of anilines is 1. The maximum absolute atomic E-state index is 11.6. The van der Waals surface area contributed by atoms with E-state index in [4.69, 9.17) is 0 Å². The molecule has 4 heteroatoms. The summed E-state index contributed by atoms with van der Waals surface area (Å²) in [4.78, 5) is 20.5. The van der Waals surface area contributed by atoms with Crippen LogP contribution in [0, 0.1) is 5.92 Å². The van der Waals surface area contributed by atoms with Crippen LogP contribution >= 0.6 is 0 Å². The molecule has 0 radical (unpaired) electrons. The first-order chi connectivity index (χ1) is 7.27. The molecule has 1 aliphatic heterocycles. The average molecular weight is 207 g/mol. The van der Waals surface area contributed by atoms with E-state index in [2.05, 4.69) is 21.8 Å². The lowest BCUT2D eigenvalue weighted by Gasteiger charge is -2.19. The van der Waals surface area contributed by atoms with Crippen LogP contribution in [-0.4, -0.2) is 23.1 Å². The normalized spacial score (nSPS) is 22.5. The van der Waals surface area contributed by atoms with Gasteiger partial charge in [0.05, 0.1) is 0 Å². The number of aromatic amines is 1. The Morgan fingerprint density at radius 1 is 1.47 bits per heavy atom. The zero-order chi connectivity index (χ0) is 10.7. The molecule has 1 fully saturated rings. The van der Waals surface area contributed by atoms with Crippen LogP contribution in [0.15, 0.2) is 17.2 Å². The number of aromatic nitrogens is 2. The summed E-state index contributed by atoms with van der Waals surface area (Å²) in [7, 11) is 0. The van der Waals surface area contributed by atoms with E-state index >= 15 is 0 Å². The van der Waals surface area contributed by atoms with Crippen LogP contribution in [0.3, 0.4) is 0 Å². The van der Waals surface area contributed by atoms with Crippen LogP contribution in [0.5, 0.6) is 0 Å². The van der Waals surface area contributed by atoms with Crippen LogP contribution in [0.2, 0.25) is 0 Å². The van der Waals surface area contributed by atoms with Gasteiger partial charge in [0.25, 0.3) is 5.56 Å². The standard InChI is InChI=1S/C11H17N3O/c1-9-3-2-7-14(8-4-9)10-11(15)13-6-5-12-10/h5-6,9H,2-4,7-8H2,1H3,(H,13,15). The molecule has 82 valence electrons. The van der Waals surface area contributed by atoms with Gasteiger partial charge in [0.1, 0.15) is 0 Å². The van der Waals surface area contributed by atoms with Crippen LogP contribution in [-0.2, 0) is 0 Å². The maximum atomic E-state index is 11.6. The van der Waals surface area contributed by atoms with Gasteiger partial charge in [0, 0.05) is 25.5 Å². The van der Waals surface area contributed by atoms with Crippen molar-refractivity contribution in [3.63, 3.8) is 0 Å². The molecule has 0 spiro atoms. The maximum Gasteiger partial charge on any atom is 0.290 e. The largest absolute Gasteiger partial charge is 0.352 e. The number of hydrogen-bond donors (Lipinski definition) is 1. The topological polar surface area (TPSA) is 49.0 Å². The second-order valence-corrected chi connectivity index (χ2v) is 4.27. The molecule has 0 amide bonds. The van der Waals surface area contributed by atoms with Crippen LogP contribution in [0.1, 0.15) is 26.2 Å². The van der Waals surface area contributed by atoms with Crippen molar-refractivity contribution in [1.29, 1.82) is 0 Å². The number of nitrogens with zero attached hydrogens (tertiary/aromatic N) is 2. The molecule has 1 N–H and O–H groups in total. The molecule has 1 unspecified atom stereocenters. The molecule has 1 aromatic rings. The molecule has 1 saturated heterocycles. The highest BCUT2D eigenvalue weighted by atomic mass is 16.1. The van der Waals surface area contributed by atoms with Gasteiger partial charge in [-0.05, 0) is 25.2 Å². The van der Waals surface area contributed by atoms with Gasteiger partial charge in [-0.1, -0.05) is 6.92 Å². The van der Waals surface area contributed by atoms with Crippen molar-refractivity contribution in [2.75, 3.05) is 18.0 Å². The predicted molar refractivity (Wildman–Crippen MR) is 60.1 cm³/mol. The summed E-state index contributed by atoms with van der Waals surface area (Å²) in [5.74, 6) is 1.34. The molecular formula is C11H17N3O. The van der Waals surface area contributed by atoms with Crippen molar-refractivity contribution in [2.24, 2.45) is 5.92 Å². The van der Waals surface area contributed by atoms with E-state index in [0.29, 0.717) is 5.82 Å². The van der Waals surface area contributed by atoms with E-state index < -0.39 is 0 Å². The Hall–Kier alpha value is -1.32. The van der Waals surface area contributed by atoms with Gasteiger partial charge in [-0.25, -0.2) is 4.98 Å². The van der Waals surface area contributed by atoms with Gasteiger partial charge in [-0.2, -0.15) is 0 Å². The number of nitrogens with one attached hydrogen (secondary N) is 1. The first-order valence-electron chi connectivity index (χ1n) is 5.56. The van der Waals surface area contributed by atoms with E-state index in [9.17, 15) is 4.79 Å². The van der Waals surface area contributed by atoms with Crippen molar-refractivity contribution in [3.05, 3.63) is 22.7 Å². The fraction of sp³-hybridized carbons (Fsp3) is 0.636. The van der Waals surface area contributed by atoms with Gasteiger partial charge in [-0.15, -0.1) is 0 Å². The third-order valence-electron chi connectivity index (χ3n) is 3.01. The van der Waals surface area contributed by atoms with Gasteiger partial charge in [-0.3, -0.25) is 4.79 Å². The van der Waals surface area contributed by atoms with Crippen molar-refractivity contribution in [2.45, 2.75) is 26.2 Å². The molecule has 1 aliphatic rings. The van der Waals surface area contributed by atoms with Crippen molar-refractivity contribution in [1.82, 2.24) is 9.97 Å². The van der Waals surface area contributed by atoms with E-state index in [1.165, 1.54) is 6.42 Å². The lowest BCUT2D eigenvalue weighted by molar-refractivity contribution is 0.521. The summed E-state index contributed by atoms with van der Waals surface area (Å²) >= 11 is 0.